The monoisotopic (exact) mass is 198 g/mol. The van der Waals surface area contributed by atoms with Crippen LogP contribution in [0.25, 0.3) is 0 Å². The van der Waals surface area contributed by atoms with Gasteiger partial charge in [-0.15, -0.1) is 0 Å². The van der Waals surface area contributed by atoms with Crippen LogP contribution in [0.15, 0.2) is 0 Å². The SMILES string of the molecule is CC(CCN)CNCC1(C)CCCC1. The van der Waals surface area contributed by atoms with Gasteiger partial charge in [0.05, 0.1) is 0 Å². The Morgan fingerprint density at radius 2 is 2.00 bits per heavy atom. The Morgan fingerprint density at radius 3 is 2.57 bits per heavy atom. The van der Waals surface area contributed by atoms with E-state index in [0.29, 0.717) is 5.41 Å². The van der Waals surface area contributed by atoms with Crippen LogP contribution in [0.4, 0.5) is 0 Å². The summed E-state index contributed by atoms with van der Waals surface area (Å²) >= 11 is 0. The molecule has 1 fully saturated rings. The number of hydrogen-bond donors (Lipinski definition) is 2. The molecule has 14 heavy (non-hydrogen) atoms. The van der Waals surface area contributed by atoms with E-state index in [1.54, 1.807) is 0 Å². The largest absolute Gasteiger partial charge is 0.330 e. The van der Waals surface area contributed by atoms with E-state index in [1.165, 1.54) is 32.2 Å². The highest BCUT2D eigenvalue weighted by Gasteiger charge is 2.27. The van der Waals surface area contributed by atoms with Crippen molar-refractivity contribution in [2.75, 3.05) is 19.6 Å². The quantitative estimate of drug-likeness (QED) is 0.686. The lowest BCUT2D eigenvalue weighted by Gasteiger charge is -2.24. The second-order valence-corrected chi connectivity index (χ2v) is 5.33. The highest BCUT2D eigenvalue weighted by atomic mass is 14.9. The van der Waals surface area contributed by atoms with Gasteiger partial charge in [-0.25, -0.2) is 0 Å². The van der Waals surface area contributed by atoms with Gasteiger partial charge in [-0.2, -0.15) is 0 Å². The molecule has 0 spiro atoms. The van der Waals surface area contributed by atoms with E-state index in [2.05, 4.69) is 19.2 Å². The fraction of sp³-hybridized carbons (Fsp3) is 1.00. The van der Waals surface area contributed by atoms with Crippen LogP contribution >= 0.6 is 0 Å². The van der Waals surface area contributed by atoms with Crippen molar-refractivity contribution in [1.29, 1.82) is 0 Å². The third-order valence-electron chi connectivity index (χ3n) is 3.51. The van der Waals surface area contributed by atoms with Gasteiger partial charge in [-0.1, -0.05) is 26.7 Å². The van der Waals surface area contributed by atoms with Crippen molar-refractivity contribution >= 4 is 0 Å². The zero-order valence-electron chi connectivity index (χ0n) is 9.81. The fourth-order valence-electron chi connectivity index (χ4n) is 2.41. The first-order valence-electron chi connectivity index (χ1n) is 6.07. The van der Waals surface area contributed by atoms with E-state index in [-0.39, 0.29) is 0 Å². The highest BCUT2D eigenvalue weighted by molar-refractivity contribution is 4.82. The van der Waals surface area contributed by atoms with Gasteiger partial charge in [0.2, 0.25) is 0 Å². The second kappa shape index (κ2) is 5.72. The Balaban J connectivity index is 2.08. The van der Waals surface area contributed by atoms with Crippen molar-refractivity contribution in [3.63, 3.8) is 0 Å². The average molecular weight is 198 g/mol. The van der Waals surface area contributed by atoms with Crippen LogP contribution in [-0.2, 0) is 0 Å². The third-order valence-corrected chi connectivity index (χ3v) is 3.51. The summed E-state index contributed by atoms with van der Waals surface area (Å²) in [6, 6.07) is 0. The predicted molar refractivity (Wildman–Crippen MR) is 62.3 cm³/mol. The van der Waals surface area contributed by atoms with Crippen molar-refractivity contribution in [3.05, 3.63) is 0 Å². The smallest absolute Gasteiger partial charge is 0.000527 e. The van der Waals surface area contributed by atoms with E-state index >= 15 is 0 Å². The first-order valence-corrected chi connectivity index (χ1v) is 6.07. The second-order valence-electron chi connectivity index (χ2n) is 5.33. The lowest BCUT2D eigenvalue weighted by atomic mass is 9.89. The van der Waals surface area contributed by atoms with Crippen LogP contribution < -0.4 is 11.1 Å². The Hall–Kier alpha value is -0.0800. The van der Waals surface area contributed by atoms with Crippen LogP contribution in [0.1, 0.15) is 46.0 Å². The van der Waals surface area contributed by atoms with Crippen molar-refractivity contribution < 1.29 is 0 Å². The molecular formula is C12H26N2. The standard InChI is InChI=1S/C12H26N2/c1-11(5-8-13)9-14-10-12(2)6-3-4-7-12/h11,14H,3-10,13H2,1-2H3. The molecule has 0 heterocycles. The fourth-order valence-corrected chi connectivity index (χ4v) is 2.41. The maximum absolute atomic E-state index is 5.52. The Kier molecular flexibility index (Phi) is 4.90. The first kappa shape index (κ1) is 12.0. The summed E-state index contributed by atoms with van der Waals surface area (Å²) in [7, 11) is 0. The maximum atomic E-state index is 5.52. The number of nitrogens with two attached hydrogens (primary N) is 1. The van der Waals surface area contributed by atoms with Crippen molar-refractivity contribution in [1.82, 2.24) is 5.32 Å². The molecule has 0 amide bonds. The summed E-state index contributed by atoms with van der Waals surface area (Å²) in [5.41, 5.74) is 6.11. The average Bonchev–Trinajstić information content (AvgIpc) is 2.53. The molecule has 1 rings (SSSR count). The minimum atomic E-state index is 0.586. The highest BCUT2D eigenvalue weighted by Crippen LogP contribution is 2.36. The van der Waals surface area contributed by atoms with Crippen LogP contribution in [0.2, 0.25) is 0 Å². The van der Waals surface area contributed by atoms with E-state index in [1.807, 2.05) is 0 Å². The van der Waals surface area contributed by atoms with Crippen LogP contribution in [-0.4, -0.2) is 19.6 Å². The number of hydrogen-bond acceptors (Lipinski definition) is 2. The van der Waals surface area contributed by atoms with Gasteiger partial charge in [-0.3, -0.25) is 0 Å². The molecule has 0 radical (unpaired) electrons. The van der Waals surface area contributed by atoms with Crippen molar-refractivity contribution in [2.24, 2.45) is 17.1 Å². The van der Waals surface area contributed by atoms with E-state index in [4.69, 9.17) is 5.73 Å². The van der Waals surface area contributed by atoms with Crippen LogP contribution in [0.5, 0.6) is 0 Å². The molecule has 0 aliphatic heterocycles. The van der Waals surface area contributed by atoms with Gasteiger partial charge in [0.25, 0.3) is 0 Å². The van der Waals surface area contributed by atoms with E-state index < -0.39 is 0 Å². The molecule has 1 atom stereocenters. The molecule has 84 valence electrons. The Bertz CT molecular complexity index is 150. The summed E-state index contributed by atoms with van der Waals surface area (Å²) in [6.07, 6.45) is 6.81. The molecule has 1 unspecified atom stereocenters. The summed E-state index contributed by atoms with van der Waals surface area (Å²) in [5, 5.41) is 3.60. The molecule has 0 aromatic carbocycles. The lowest BCUT2D eigenvalue weighted by molar-refractivity contribution is 0.305. The molecule has 1 saturated carbocycles. The molecule has 0 aromatic heterocycles. The van der Waals surface area contributed by atoms with E-state index in [0.717, 1.165) is 25.4 Å². The van der Waals surface area contributed by atoms with Crippen molar-refractivity contribution in [3.8, 4) is 0 Å². The first-order chi connectivity index (χ1) is 6.66. The molecule has 2 nitrogen and oxygen atoms in total. The van der Waals surface area contributed by atoms with Crippen molar-refractivity contribution in [2.45, 2.75) is 46.0 Å². The zero-order chi connectivity index (χ0) is 10.4. The third kappa shape index (κ3) is 3.97. The molecule has 0 aromatic rings. The van der Waals surface area contributed by atoms with E-state index in [9.17, 15) is 0 Å². The molecule has 0 bridgehead atoms. The van der Waals surface area contributed by atoms with Crippen LogP contribution in [0, 0.1) is 11.3 Å². The zero-order valence-corrected chi connectivity index (χ0v) is 9.81. The topological polar surface area (TPSA) is 38.0 Å². The van der Waals surface area contributed by atoms with Gasteiger partial charge in [0, 0.05) is 6.54 Å². The van der Waals surface area contributed by atoms with Gasteiger partial charge in [0.15, 0.2) is 0 Å². The normalized spacial score (nSPS) is 22.5. The summed E-state index contributed by atoms with van der Waals surface area (Å²) in [4.78, 5) is 0. The summed E-state index contributed by atoms with van der Waals surface area (Å²) in [6.45, 7) is 7.84. The van der Waals surface area contributed by atoms with Gasteiger partial charge in [-0.05, 0) is 43.7 Å². The Morgan fingerprint density at radius 1 is 1.36 bits per heavy atom. The Labute approximate surface area is 88.6 Å². The maximum Gasteiger partial charge on any atom is 0.000527 e. The predicted octanol–water partition coefficient (Wildman–Crippen LogP) is 2.14. The lowest BCUT2D eigenvalue weighted by Crippen LogP contribution is -2.32. The minimum Gasteiger partial charge on any atom is -0.330 e. The number of rotatable bonds is 6. The molecular weight excluding hydrogens is 172 g/mol. The van der Waals surface area contributed by atoms with Gasteiger partial charge >= 0.3 is 0 Å². The number of nitrogens with one attached hydrogen (secondary N) is 1. The molecule has 0 saturated heterocycles. The van der Waals surface area contributed by atoms with Crippen LogP contribution in [0.3, 0.4) is 0 Å². The molecule has 1 aliphatic rings. The van der Waals surface area contributed by atoms with Gasteiger partial charge < -0.3 is 11.1 Å². The molecule has 1 aliphatic carbocycles. The van der Waals surface area contributed by atoms with Gasteiger partial charge in [0.1, 0.15) is 0 Å². The summed E-state index contributed by atoms with van der Waals surface area (Å²) < 4.78 is 0. The molecule has 2 heteroatoms. The summed E-state index contributed by atoms with van der Waals surface area (Å²) in [5.74, 6) is 0.727. The minimum absolute atomic E-state index is 0.586. The molecule has 3 N–H and O–H groups in total.